The molecule has 0 fully saturated rings. The number of carbonyl (C=O) groups is 2. The molecule has 2 N–H and O–H groups in total. The molecule has 0 radical (unpaired) electrons. The van der Waals surface area contributed by atoms with Gasteiger partial charge in [-0.15, -0.1) is 0 Å². The average molecular weight is 240 g/mol. The Morgan fingerprint density at radius 2 is 1.67 bits per heavy atom. The van der Waals surface area contributed by atoms with Crippen molar-refractivity contribution in [3.05, 3.63) is 48.0 Å². The van der Waals surface area contributed by atoms with E-state index in [0.29, 0.717) is 22.5 Å². The number of benzene rings is 1. The van der Waals surface area contributed by atoms with Crippen LogP contribution in [0, 0.1) is 0 Å². The van der Waals surface area contributed by atoms with Crippen molar-refractivity contribution in [2.75, 3.05) is 10.6 Å². The molecule has 1 aromatic heterocycles. The number of imide groups is 1. The lowest BCUT2D eigenvalue weighted by molar-refractivity contribution is 0.0926. The topological polar surface area (TPSA) is 89.2 Å². The van der Waals surface area contributed by atoms with Crippen LogP contribution in [0.25, 0.3) is 0 Å². The molecule has 1 aromatic carbocycles. The van der Waals surface area contributed by atoms with E-state index < -0.39 is 5.91 Å². The van der Waals surface area contributed by atoms with Crippen molar-refractivity contribution in [2.45, 2.75) is 0 Å². The summed E-state index contributed by atoms with van der Waals surface area (Å²) in [5, 5.41) is 0. The number of amides is 2. The van der Waals surface area contributed by atoms with Crippen LogP contribution in [-0.4, -0.2) is 21.8 Å². The Labute approximate surface area is 102 Å². The molecule has 0 bridgehead atoms. The third kappa shape index (κ3) is 1.36. The van der Waals surface area contributed by atoms with Crippen LogP contribution in [0.2, 0.25) is 0 Å². The number of fused-ring (bicyclic) bond motifs is 1. The fourth-order valence-electron chi connectivity index (χ4n) is 1.90. The third-order valence-electron chi connectivity index (χ3n) is 2.72. The Kier molecular flexibility index (Phi) is 2.09. The maximum Gasteiger partial charge on any atom is 0.266 e. The Morgan fingerprint density at radius 1 is 1.00 bits per heavy atom. The molecule has 0 aliphatic carbocycles. The van der Waals surface area contributed by atoms with Gasteiger partial charge in [-0.3, -0.25) is 9.59 Å². The second-order valence-electron chi connectivity index (χ2n) is 3.85. The number of carbonyl (C=O) groups excluding carboxylic acids is 2. The first-order valence-corrected chi connectivity index (χ1v) is 5.22. The molecule has 2 amide bonds. The van der Waals surface area contributed by atoms with E-state index in [4.69, 9.17) is 5.73 Å². The first kappa shape index (κ1) is 10.4. The SMILES string of the molecule is Nc1ccc2c(c1)C(=O)N(c1cncnc1)C2=O. The smallest absolute Gasteiger partial charge is 0.266 e. The van der Waals surface area contributed by atoms with Gasteiger partial charge in [-0.2, -0.15) is 0 Å². The summed E-state index contributed by atoms with van der Waals surface area (Å²) < 4.78 is 0. The van der Waals surface area contributed by atoms with Crippen molar-refractivity contribution < 1.29 is 9.59 Å². The highest BCUT2D eigenvalue weighted by molar-refractivity contribution is 6.34. The summed E-state index contributed by atoms with van der Waals surface area (Å²) in [7, 11) is 0. The monoisotopic (exact) mass is 240 g/mol. The molecule has 2 aromatic rings. The van der Waals surface area contributed by atoms with Crippen LogP contribution in [0.4, 0.5) is 11.4 Å². The van der Waals surface area contributed by atoms with E-state index in [1.54, 1.807) is 12.1 Å². The molecule has 1 aliphatic rings. The van der Waals surface area contributed by atoms with Gasteiger partial charge in [0.1, 0.15) is 6.33 Å². The lowest BCUT2D eigenvalue weighted by atomic mass is 10.1. The molecular weight excluding hydrogens is 232 g/mol. The highest BCUT2D eigenvalue weighted by Gasteiger charge is 2.36. The van der Waals surface area contributed by atoms with Gasteiger partial charge in [0.2, 0.25) is 0 Å². The molecule has 2 heterocycles. The second kappa shape index (κ2) is 3.63. The second-order valence-corrected chi connectivity index (χ2v) is 3.85. The summed E-state index contributed by atoms with van der Waals surface area (Å²) in [5.74, 6) is -0.790. The predicted molar refractivity (Wildman–Crippen MR) is 64.0 cm³/mol. The average Bonchev–Trinajstić information content (AvgIpc) is 2.63. The van der Waals surface area contributed by atoms with Crippen LogP contribution >= 0.6 is 0 Å². The Hall–Kier alpha value is -2.76. The number of nitrogens with zero attached hydrogens (tertiary/aromatic N) is 3. The minimum absolute atomic E-state index is 0.309. The summed E-state index contributed by atoms with van der Waals surface area (Å²) >= 11 is 0. The molecule has 18 heavy (non-hydrogen) atoms. The van der Waals surface area contributed by atoms with Gasteiger partial charge in [-0.05, 0) is 18.2 Å². The maximum absolute atomic E-state index is 12.2. The number of aromatic nitrogens is 2. The molecule has 1 aliphatic heterocycles. The van der Waals surface area contributed by atoms with Crippen LogP contribution in [0.5, 0.6) is 0 Å². The minimum Gasteiger partial charge on any atom is -0.399 e. The van der Waals surface area contributed by atoms with Gasteiger partial charge in [0.15, 0.2) is 0 Å². The zero-order valence-corrected chi connectivity index (χ0v) is 9.20. The summed E-state index contributed by atoms with van der Waals surface area (Å²) in [6.45, 7) is 0. The van der Waals surface area contributed by atoms with Gasteiger partial charge >= 0.3 is 0 Å². The van der Waals surface area contributed by atoms with Gasteiger partial charge in [-0.1, -0.05) is 0 Å². The quantitative estimate of drug-likeness (QED) is 0.589. The molecule has 88 valence electrons. The molecule has 6 heteroatoms. The van der Waals surface area contributed by atoms with E-state index >= 15 is 0 Å². The highest BCUT2D eigenvalue weighted by Crippen LogP contribution is 2.28. The number of hydrogen-bond donors (Lipinski definition) is 1. The van der Waals surface area contributed by atoms with E-state index in [9.17, 15) is 9.59 Å². The lowest BCUT2D eigenvalue weighted by Crippen LogP contribution is -2.29. The van der Waals surface area contributed by atoms with E-state index in [2.05, 4.69) is 9.97 Å². The van der Waals surface area contributed by atoms with E-state index in [1.807, 2.05) is 0 Å². The molecule has 0 saturated carbocycles. The van der Waals surface area contributed by atoms with Gasteiger partial charge in [0.25, 0.3) is 11.8 Å². The Morgan fingerprint density at radius 3 is 2.39 bits per heavy atom. The normalized spacial score (nSPS) is 13.9. The van der Waals surface area contributed by atoms with Crippen LogP contribution in [0.1, 0.15) is 20.7 Å². The molecule has 0 unspecified atom stereocenters. The van der Waals surface area contributed by atoms with Crippen LogP contribution in [-0.2, 0) is 0 Å². The largest absolute Gasteiger partial charge is 0.399 e. The summed E-state index contributed by atoms with van der Waals surface area (Å²) in [6, 6.07) is 4.64. The van der Waals surface area contributed by atoms with Crippen molar-refractivity contribution >= 4 is 23.2 Å². The van der Waals surface area contributed by atoms with Crippen molar-refractivity contribution in [2.24, 2.45) is 0 Å². The number of nitrogens with two attached hydrogens (primary N) is 1. The zero-order chi connectivity index (χ0) is 12.7. The van der Waals surface area contributed by atoms with Crippen molar-refractivity contribution in [3.63, 3.8) is 0 Å². The summed E-state index contributed by atoms with van der Waals surface area (Å²) in [6.07, 6.45) is 4.16. The number of anilines is 2. The van der Waals surface area contributed by atoms with Crippen molar-refractivity contribution in [1.82, 2.24) is 9.97 Å². The number of hydrogen-bond acceptors (Lipinski definition) is 5. The molecule has 0 atom stereocenters. The molecule has 6 nitrogen and oxygen atoms in total. The molecule has 0 spiro atoms. The maximum atomic E-state index is 12.2. The van der Waals surface area contributed by atoms with Crippen LogP contribution in [0.3, 0.4) is 0 Å². The van der Waals surface area contributed by atoms with Gasteiger partial charge in [-0.25, -0.2) is 14.9 Å². The summed E-state index contributed by atoms with van der Waals surface area (Å²) in [4.78, 5) is 32.9. The number of rotatable bonds is 1. The van der Waals surface area contributed by atoms with E-state index in [-0.39, 0.29) is 5.91 Å². The van der Waals surface area contributed by atoms with Crippen molar-refractivity contribution in [3.8, 4) is 0 Å². The third-order valence-corrected chi connectivity index (χ3v) is 2.72. The molecule has 3 rings (SSSR count). The van der Waals surface area contributed by atoms with Crippen molar-refractivity contribution in [1.29, 1.82) is 0 Å². The van der Waals surface area contributed by atoms with Crippen LogP contribution < -0.4 is 10.6 Å². The standard InChI is InChI=1S/C12H8N4O2/c13-7-1-2-9-10(3-7)12(18)16(11(9)17)8-4-14-6-15-5-8/h1-6H,13H2. The van der Waals surface area contributed by atoms with E-state index in [0.717, 1.165) is 4.90 Å². The number of nitrogen functional groups attached to an aromatic ring is 1. The first-order chi connectivity index (χ1) is 8.68. The van der Waals surface area contributed by atoms with Gasteiger partial charge in [0.05, 0.1) is 29.2 Å². The van der Waals surface area contributed by atoms with E-state index in [1.165, 1.54) is 24.8 Å². The molecular formula is C12H8N4O2. The predicted octanol–water partition coefficient (Wildman–Crippen LogP) is 0.859. The van der Waals surface area contributed by atoms with Crippen LogP contribution in [0.15, 0.2) is 36.9 Å². The van der Waals surface area contributed by atoms with Gasteiger partial charge in [0, 0.05) is 5.69 Å². The molecule has 0 saturated heterocycles. The first-order valence-electron chi connectivity index (χ1n) is 5.22. The Balaban J connectivity index is 2.13. The van der Waals surface area contributed by atoms with Gasteiger partial charge < -0.3 is 5.73 Å². The minimum atomic E-state index is -0.405. The highest BCUT2D eigenvalue weighted by atomic mass is 16.2. The Bertz CT molecular complexity index is 654. The fourth-order valence-corrected chi connectivity index (χ4v) is 1.90. The fraction of sp³-hybridized carbons (Fsp3) is 0. The zero-order valence-electron chi connectivity index (χ0n) is 9.20. The lowest BCUT2D eigenvalue weighted by Gasteiger charge is -2.11. The summed E-state index contributed by atoms with van der Waals surface area (Å²) in [5.41, 5.74) is 7.07.